The summed E-state index contributed by atoms with van der Waals surface area (Å²) >= 11 is 0. The summed E-state index contributed by atoms with van der Waals surface area (Å²) in [5, 5.41) is 0. The molecule has 1 aliphatic heterocycles. The van der Waals surface area contributed by atoms with Crippen molar-refractivity contribution in [1.82, 2.24) is 24.4 Å². The third kappa shape index (κ3) is 4.03. The van der Waals surface area contributed by atoms with Gasteiger partial charge in [-0.2, -0.15) is 4.98 Å². The molecule has 0 aliphatic carbocycles. The number of rotatable bonds is 6. The minimum atomic E-state index is 0.415. The number of nitrogens with two attached hydrogens (primary N) is 1. The number of imidazole rings is 1. The Hall–Kier alpha value is -2.15. The second kappa shape index (κ2) is 7.61. The molecule has 0 spiro atoms. The highest BCUT2D eigenvalue weighted by Crippen LogP contribution is 2.28. The summed E-state index contributed by atoms with van der Waals surface area (Å²) in [6.07, 6.45) is 9.15. The molecule has 7 nitrogen and oxygen atoms in total. The lowest BCUT2D eigenvalue weighted by atomic mass is 9.97. The normalized spacial score (nSPS) is 18.3. The van der Waals surface area contributed by atoms with Crippen LogP contribution in [0.25, 0.3) is 0 Å². The molecule has 7 heteroatoms. The molecular weight excluding hydrogens is 302 g/mol. The number of piperidine rings is 1. The van der Waals surface area contributed by atoms with E-state index in [1.165, 1.54) is 5.82 Å². The maximum absolute atomic E-state index is 5.80. The Balaban J connectivity index is 1.68. The molecule has 2 N–H and O–H groups in total. The molecule has 0 radical (unpaired) electrons. The van der Waals surface area contributed by atoms with Crippen LogP contribution in [-0.2, 0) is 6.54 Å². The Morgan fingerprint density at radius 2 is 2.17 bits per heavy atom. The molecule has 0 amide bonds. The Morgan fingerprint density at radius 1 is 1.29 bits per heavy atom. The molecule has 2 aromatic heterocycles. The standard InChI is InChI=1S/C17H27N7/c1-22(2)9-4-11-23-12-8-19-16(23)14-5-3-10-24(13-14)17-20-7-6-15(18)21-17/h6-8,12,14H,3-5,9-11,13H2,1-2H3,(H2,18,20,21)/t14-/m0/s1. The van der Waals surface area contributed by atoms with Gasteiger partial charge in [0.05, 0.1) is 0 Å². The fourth-order valence-corrected chi connectivity index (χ4v) is 3.31. The predicted molar refractivity (Wildman–Crippen MR) is 96.0 cm³/mol. The zero-order valence-electron chi connectivity index (χ0n) is 14.6. The summed E-state index contributed by atoms with van der Waals surface area (Å²) in [6, 6.07) is 1.72. The maximum Gasteiger partial charge on any atom is 0.227 e. The van der Waals surface area contributed by atoms with Crippen molar-refractivity contribution in [3.8, 4) is 0 Å². The molecule has 1 atom stereocenters. The molecule has 130 valence electrons. The summed E-state index contributed by atoms with van der Waals surface area (Å²) in [5.41, 5.74) is 5.80. The highest BCUT2D eigenvalue weighted by atomic mass is 15.3. The monoisotopic (exact) mass is 329 g/mol. The summed E-state index contributed by atoms with van der Waals surface area (Å²) < 4.78 is 2.30. The van der Waals surface area contributed by atoms with Crippen LogP contribution < -0.4 is 10.6 Å². The van der Waals surface area contributed by atoms with Gasteiger partial charge >= 0.3 is 0 Å². The zero-order valence-corrected chi connectivity index (χ0v) is 14.6. The van der Waals surface area contributed by atoms with Gasteiger partial charge in [-0.15, -0.1) is 0 Å². The third-order valence-corrected chi connectivity index (χ3v) is 4.49. The van der Waals surface area contributed by atoms with E-state index in [0.29, 0.717) is 11.7 Å². The van der Waals surface area contributed by atoms with E-state index in [4.69, 9.17) is 5.73 Å². The molecule has 3 rings (SSSR count). The number of hydrogen-bond donors (Lipinski definition) is 1. The Bertz CT molecular complexity index is 652. The largest absolute Gasteiger partial charge is 0.384 e. The van der Waals surface area contributed by atoms with E-state index in [9.17, 15) is 0 Å². The highest BCUT2D eigenvalue weighted by Gasteiger charge is 2.26. The van der Waals surface area contributed by atoms with E-state index in [0.717, 1.165) is 51.4 Å². The molecule has 1 saturated heterocycles. The van der Waals surface area contributed by atoms with E-state index in [-0.39, 0.29) is 0 Å². The lowest BCUT2D eigenvalue weighted by Crippen LogP contribution is -2.36. The van der Waals surface area contributed by atoms with Crippen LogP contribution in [0.1, 0.15) is 31.0 Å². The Labute approximate surface area is 143 Å². The SMILES string of the molecule is CN(C)CCCn1ccnc1[C@H]1CCCN(c2nccc(N)n2)C1. The first-order chi connectivity index (χ1) is 11.6. The zero-order chi connectivity index (χ0) is 16.9. The van der Waals surface area contributed by atoms with Crippen molar-refractivity contribution < 1.29 is 0 Å². The van der Waals surface area contributed by atoms with Crippen molar-refractivity contribution in [2.24, 2.45) is 0 Å². The molecule has 0 saturated carbocycles. The van der Waals surface area contributed by atoms with Crippen molar-refractivity contribution in [2.75, 3.05) is 44.4 Å². The third-order valence-electron chi connectivity index (χ3n) is 4.49. The first-order valence-electron chi connectivity index (χ1n) is 8.62. The quantitative estimate of drug-likeness (QED) is 0.867. The second-order valence-corrected chi connectivity index (χ2v) is 6.70. The number of nitrogen functional groups attached to an aromatic ring is 1. The number of hydrogen-bond acceptors (Lipinski definition) is 6. The van der Waals surface area contributed by atoms with Crippen LogP contribution in [0.5, 0.6) is 0 Å². The van der Waals surface area contributed by atoms with Gasteiger partial charge in [0.25, 0.3) is 0 Å². The van der Waals surface area contributed by atoms with Gasteiger partial charge in [-0.05, 0) is 46.0 Å². The number of nitrogens with zero attached hydrogens (tertiary/aromatic N) is 6. The van der Waals surface area contributed by atoms with Crippen molar-refractivity contribution in [3.05, 3.63) is 30.5 Å². The molecule has 2 aromatic rings. The van der Waals surface area contributed by atoms with E-state index >= 15 is 0 Å². The molecule has 0 aromatic carbocycles. The predicted octanol–water partition coefficient (Wildman–Crippen LogP) is 1.59. The summed E-state index contributed by atoms with van der Waals surface area (Å²) in [6.45, 7) is 3.97. The fraction of sp³-hybridized carbons (Fsp3) is 0.588. The van der Waals surface area contributed by atoms with Gasteiger partial charge in [-0.3, -0.25) is 0 Å². The van der Waals surface area contributed by atoms with Crippen molar-refractivity contribution in [3.63, 3.8) is 0 Å². The first kappa shape index (κ1) is 16.7. The van der Waals surface area contributed by atoms with Crippen molar-refractivity contribution in [2.45, 2.75) is 31.7 Å². The maximum atomic E-state index is 5.80. The minimum absolute atomic E-state index is 0.415. The number of aromatic nitrogens is 4. The molecule has 0 bridgehead atoms. The van der Waals surface area contributed by atoms with Gasteiger partial charge in [-0.25, -0.2) is 9.97 Å². The van der Waals surface area contributed by atoms with E-state index in [2.05, 4.69) is 49.6 Å². The number of anilines is 2. The summed E-state index contributed by atoms with van der Waals surface area (Å²) in [7, 11) is 4.22. The smallest absolute Gasteiger partial charge is 0.227 e. The van der Waals surface area contributed by atoms with Crippen LogP contribution >= 0.6 is 0 Å². The van der Waals surface area contributed by atoms with Crippen LogP contribution in [0.2, 0.25) is 0 Å². The first-order valence-corrected chi connectivity index (χ1v) is 8.62. The molecular formula is C17H27N7. The van der Waals surface area contributed by atoms with E-state index in [1.54, 1.807) is 12.3 Å². The van der Waals surface area contributed by atoms with Gasteiger partial charge in [0.2, 0.25) is 5.95 Å². The lowest BCUT2D eigenvalue weighted by Gasteiger charge is -2.32. The topological polar surface area (TPSA) is 76.1 Å². The van der Waals surface area contributed by atoms with Crippen LogP contribution in [-0.4, -0.2) is 58.1 Å². The van der Waals surface area contributed by atoms with Gasteiger partial charge in [0.15, 0.2) is 0 Å². The highest BCUT2D eigenvalue weighted by molar-refractivity contribution is 5.38. The summed E-state index contributed by atoms with van der Waals surface area (Å²) in [4.78, 5) is 17.8. The lowest BCUT2D eigenvalue weighted by molar-refractivity contribution is 0.380. The molecule has 0 unspecified atom stereocenters. The average Bonchev–Trinajstić information content (AvgIpc) is 3.03. The summed E-state index contributed by atoms with van der Waals surface area (Å²) in [5.74, 6) is 2.85. The van der Waals surface area contributed by atoms with Gasteiger partial charge < -0.3 is 20.1 Å². The van der Waals surface area contributed by atoms with Gasteiger partial charge in [-0.1, -0.05) is 0 Å². The van der Waals surface area contributed by atoms with Crippen LogP contribution in [0.4, 0.5) is 11.8 Å². The van der Waals surface area contributed by atoms with Crippen molar-refractivity contribution >= 4 is 11.8 Å². The van der Waals surface area contributed by atoms with E-state index in [1.807, 2.05) is 6.20 Å². The molecule has 3 heterocycles. The van der Waals surface area contributed by atoms with Gasteiger partial charge in [0, 0.05) is 44.1 Å². The molecule has 1 fully saturated rings. The minimum Gasteiger partial charge on any atom is -0.384 e. The number of aryl methyl sites for hydroxylation is 1. The van der Waals surface area contributed by atoms with Crippen LogP contribution in [0, 0.1) is 0 Å². The molecule has 24 heavy (non-hydrogen) atoms. The van der Waals surface area contributed by atoms with Crippen molar-refractivity contribution in [1.29, 1.82) is 0 Å². The second-order valence-electron chi connectivity index (χ2n) is 6.70. The van der Waals surface area contributed by atoms with Crippen LogP contribution in [0.15, 0.2) is 24.7 Å². The van der Waals surface area contributed by atoms with Crippen LogP contribution in [0.3, 0.4) is 0 Å². The van der Waals surface area contributed by atoms with E-state index < -0.39 is 0 Å². The van der Waals surface area contributed by atoms with Gasteiger partial charge in [0.1, 0.15) is 11.6 Å². The molecule has 1 aliphatic rings. The Morgan fingerprint density at radius 3 is 2.96 bits per heavy atom. The average molecular weight is 329 g/mol. The Kier molecular flexibility index (Phi) is 5.30. The fourth-order valence-electron chi connectivity index (χ4n) is 3.31.